The molecule has 31 heavy (non-hydrogen) atoms. The highest BCUT2D eigenvalue weighted by Crippen LogP contribution is 2.22. The number of anilines is 4. The highest BCUT2D eigenvalue weighted by molar-refractivity contribution is 5.51. The minimum absolute atomic E-state index is 0.0606. The van der Waals surface area contributed by atoms with Crippen LogP contribution in [0.5, 0.6) is 0 Å². The second kappa shape index (κ2) is 9.14. The van der Waals surface area contributed by atoms with Gasteiger partial charge in [-0.15, -0.1) is 0 Å². The Morgan fingerprint density at radius 3 is 1.61 bits per heavy atom. The van der Waals surface area contributed by atoms with Gasteiger partial charge >= 0.3 is 0 Å². The van der Waals surface area contributed by atoms with E-state index in [2.05, 4.69) is 25.8 Å². The molecule has 0 bridgehead atoms. The number of hydrogen-bond acceptors (Lipinski definition) is 11. The van der Waals surface area contributed by atoms with Crippen molar-refractivity contribution in [2.75, 3.05) is 46.8 Å². The van der Waals surface area contributed by atoms with Crippen molar-refractivity contribution in [2.45, 2.75) is 37.0 Å². The summed E-state index contributed by atoms with van der Waals surface area (Å²) in [5, 5.41) is 0. The van der Waals surface area contributed by atoms with E-state index in [9.17, 15) is 4.39 Å². The topological polar surface area (TPSA) is 173 Å². The average molecular weight is 432 g/mol. The molecule has 0 spiro atoms. The molecule has 11 nitrogen and oxygen atoms in total. The summed E-state index contributed by atoms with van der Waals surface area (Å²) >= 11 is 0. The van der Waals surface area contributed by atoms with E-state index in [1.54, 1.807) is 12.1 Å². The normalized spacial score (nSPS) is 26.6. The first-order valence-corrected chi connectivity index (χ1v) is 10.4. The van der Waals surface area contributed by atoms with Crippen molar-refractivity contribution in [3.63, 3.8) is 0 Å². The van der Waals surface area contributed by atoms with E-state index < -0.39 is 0 Å². The Bertz CT molecular complexity index is 815. The van der Waals surface area contributed by atoms with E-state index >= 15 is 0 Å². The molecule has 12 heteroatoms. The molecule has 2 fully saturated rings. The van der Waals surface area contributed by atoms with Crippen molar-refractivity contribution in [3.05, 3.63) is 30.1 Å². The lowest BCUT2D eigenvalue weighted by atomic mass is 10.0. The van der Waals surface area contributed by atoms with Crippen LogP contribution in [-0.2, 0) is 0 Å². The van der Waals surface area contributed by atoms with Crippen LogP contribution in [0.25, 0.3) is 0 Å². The molecule has 1 aromatic heterocycles. The third-order valence-corrected chi connectivity index (χ3v) is 5.37. The minimum atomic E-state index is -0.314. The maximum absolute atomic E-state index is 13.2. The standard InChI is InChI=1S/C19H30FN11/c20-11-1-3-16(4-2-11)28-29-17-25-18(30-7-12(21)5-13(22)8-30)27-19(26-17)31-9-14(23)6-15(24)10-31/h1-4,12-15,28H,5-10,21-24H2,(H,25,26,27,29)/t12-,13+,14-,15+. The molecule has 3 heterocycles. The molecule has 0 saturated carbocycles. The van der Waals surface area contributed by atoms with Crippen LogP contribution in [0.1, 0.15) is 12.8 Å². The Morgan fingerprint density at radius 2 is 1.16 bits per heavy atom. The van der Waals surface area contributed by atoms with Gasteiger partial charge in [-0.1, -0.05) is 0 Å². The molecule has 4 atom stereocenters. The van der Waals surface area contributed by atoms with Crippen molar-refractivity contribution >= 4 is 23.5 Å². The van der Waals surface area contributed by atoms with Gasteiger partial charge in [-0.2, -0.15) is 15.0 Å². The van der Waals surface area contributed by atoms with E-state index in [1.807, 2.05) is 9.80 Å². The van der Waals surface area contributed by atoms with Gasteiger partial charge in [-0.05, 0) is 37.1 Å². The number of hydrazine groups is 1. The average Bonchev–Trinajstić information content (AvgIpc) is 2.72. The van der Waals surface area contributed by atoms with Gasteiger partial charge in [0.25, 0.3) is 0 Å². The molecular formula is C19H30FN11. The molecule has 0 radical (unpaired) electrons. The van der Waals surface area contributed by atoms with Crippen LogP contribution in [0, 0.1) is 5.82 Å². The molecule has 4 rings (SSSR count). The SMILES string of the molecule is N[C@@H]1C[C@H](N)CN(c2nc(NNc3ccc(F)cc3)nc(N3C[C@H](N)C[C@H](N)C3)n2)C1. The third kappa shape index (κ3) is 5.47. The summed E-state index contributed by atoms with van der Waals surface area (Å²) < 4.78 is 13.2. The summed E-state index contributed by atoms with van der Waals surface area (Å²) in [4.78, 5) is 17.7. The fourth-order valence-corrected chi connectivity index (χ4v) is 4.04. The molecule has 0 amide bonds. The monoisotopic (exact) mass is 431 g/mol. The molecular weight excluding hydrogens is 401 g/mol. The smallest absolute Gasteiger partial charge is 0.248 e. The van der Waals surface area contributed by atoms with Crippen LogP contribution in [0.3, 0.4) is 0 Å². The summed E-state index contributed by atoms with van der Waals surface area (Å²) in [6, 6.07) is 5.70. The van der Waals surface area contributed by atoms with Crippen LogP contribution in [-0.4, -0.2) is 65.3 Å². The van der Waals surface area contributed by atoms with Crippen molar-refractivity contribution in [3.8, 4) is 0 Å². The van der Waals surface area contributed by atoms with Crippen LogP contribution in [0.2, 0.25) is 0 Å². The molecule has 2 aromatic rings. The Balaban J connectivity index is 1.60. The van der Waals surface area contributed by atoms with Gasteiger partial charge in [0.15, 0.2) is 0 Å². The Morgan fingerprint density at radius 1 is 0.710 bits per heavy atom. The van der Waals surface area contributed by atoms with Gasteiger partial charge in [-0.25, -0.2) is 4.39 Å². The highest BCUT2D eigenvalue weighted by Gasteiger charge is 2.28. The fraction of sp³-hybridized carbons (Fsp3) is 0.526. The van der Waals surface area contributed by atoms with E-state index in [1.165, 1.54) is 12.1 Å². The molecule has 2 saturated heterocycles. The van der Waals surface area contributed by atoms with Crippen LogP contribution < -0.4 is 43.6 Å². The minimum Gasteiger partial charge on any atom is -0.338 e. The van der Waals surface area contributed by atoms with Gasteiger partial charge in [0, 0.05) is 50.3 Å². The van der Waals surface area contributed by atoms with E-state index in [0.29, 0.717) is 49.7 Å². The summed E-state index contributed by atoms with van der Waals surface area (Å²) in [5.41, 5.74) is 31.3. The fourth-order valence-electron chi connectivity index (χ4n) is 4.04. The summed E-state index contributed by atoms with van der Waals surface area (Å²) in [6.45, 7) is 2.39. The lowest BCUT2D eigenvalue weighted by molar-refractivity contribution is 0.441. The van der Waals surface area contributed by atoms with Crippen molar-refractivity contribution in [1.82, 2.24) is 15.0 Å². The van der Waals surface area contributed by atoms with Crippen LogP contribution in [0.15, 0.2) is 24.3 Å². The third-order valence-electron chi connectivity index (χ3n) is 5.37. The maximum Gasteiger partial charge on any atom is 0.248 e. The first-order chi connectivity index (χ1) is 14.9. The first kappa shape index (κ1) is 21.4. The number of aromatic nitrogens is 3. The summed E-state index contributed by atoms with van der Waals surface area (Å²) in [6.07, 6.45) is 1.50. The van der Waals surface area contributed by atoms with Crippen molar-refractivity contribution in [1.29, 1.82) is 0 Å². The number of nitrogens with two attached hydrogens (primary N) is 4. The predicted octanol–water partition coefficient (Wildman–Crippen LogP) is -0.821. The highest BCUT2D eigenvalue weighted by atomic mass is 19.1. The number of piperidine rings is 2. The van der Waals surface area contributed by atoms with Gasteiger partial charge in [0.05, 0.1) is 5.69 Å². The quantitative estimate of drug-likeness (QED) is 0.326. The van der Waals surface area contributed by atoms with E-state index in [0.717, 1.165) is 12.8 Å². The lowest BCUT2D eigenvalue weighted by Gasteiger charge is -2.37. The van der Waals surface area contributed by atoms with Crippen LogP contribution in [0.4, 0.5) is 27.9 Å². The first-order valence-electron chi connectivity index (χ1n) is 10.4. The van der Waals surface area contributed by atoms with E-state index in [4.69, 9.17) is 22.9 Å². The zero-order valence-electron chi connectivity index (χ0n) is 17.3. The largest absolute Gasteiger partial charge is 0.338 e. The Labute approximate surface area is 180 Å². The predicted molar refractivity (Wildman–Crippen MR) is 119 cm³/mol. The zero-order valence-corrected chi connectivity index (χ0v) is 17.3. The number of nitrogens with zero attached hydrogens (tertiary/aromatic N) is 5. The van der Waals surface area contributed by atoms with E-state index in [-0.39, 0.29) is 30.0 Å². The number of rotatable bonds is 5. The number of halogens is 1. The second-order valence-corrected chi connectivity index (χ2v) is 8.34. The summed E-state index contributed by atoms with van der Waals surface area (Å²) in [5.74, 6) is 0.953. The summed E-state index contributed by atoms with van der Waals surface area (Å²) in [7, 11) is 0. The van der Waals surface area contributed by atoms with Crippen molar-refractivity contribution in [2.24, 2.45) is 22.9 Å². The molecule has 1 aromatic carbocycles. The molecule has 2 aliphatic rings. The molecule has 10 N–H and O–H groups in total. The van der Waals surface area contributed by atoms with Gasteiger partial charge in [-0.3, -0.25) is 10.9 Å². The van der Waals surface area contributed by atoms with Crippen LogP contribution >= 0.6 is 0 Å². The zero-order chi connectivity index (χ0) is 22.0. The maximum atomic E-state index is 13.2. The van der Waals surface area contributed by atoms with Gasteiger partial charge in [0.2, 0.25) is 17.8 Å². The Kier molecular flexibility index (Phi) is 6.32. The lowest BCUT2D eigenvalue weighted by Crippen LogP contribution is -2.54. The molecule has 2 aliphatic heterocycles. The Hall–Kier alpha value is -2.80. The molecule has 0 aliphatic carbocycles. The molecule has 0 unspecified atom stereocenters. The van der Waals surface area contributed by atoms with Gasteiger partial charge < -0.3 is 32.7 Å². The second-order valence-electron chi connectivity index (χ2n) is 8.34. The number of benzene rings is 1. The number of nitrogens with one attached hydrogen (secondary N) is 2. The van der Waals surface area contributed by atoms with Crippen molar-refractivity contribution < 1.29 is 4.39 Å². The van der Waals surface area contributed by atoms with Gasteiger partial charge in [0.1, 0.15) is 5.82 Å². The molecule has 168 valence electrons. The number of hydrogen-bond donors (Lipinski definition) is 6.